The minimum atomic E-state index is 0.0259. The highest BCUT2D eigenvalue weighted by atomic mass is 32.2. The average molecular weight is 379 g/mol. The molecule has 0 unspecified atom stereocenters. The van der Waals surface area contributed by atoms with Crippen LogP contribution in [0.1, 0.15) is 48.9 Å². The summed E-state index contributed by atoms with van der Waals surface area (Å²) in [6.45, 7) is 11.1. The third-order valence-electron chi connectivity index (χ3n) is 4.82. The van der Waals surface area contributed by atoms with Gasteiger partial charge < -0.3 is 0 Å². The number of amides is 1. The van der Waals surface area contributed by atoms with Crippen LogP contribution in [-0.4, -0.2) is 22.5 Å². The van der Waals surface area contributed by atoms with Crippen molar-refractivity contribution in [1.29, 1.82) is 0 Å². The number of carbonyl (C=O) groups is 1. The zero-order chi connectivity index (χ0) is 19.6. The molecule has 0 atom stereocenters. The van der Waals surface area contributed by atoms with Crippen LogP contribution in [0.25, 0.3) is 6.08 Å². The van der Waals surface area contributed by atoms with Crippen LogP contribution in [-0.2, 0) is 4.79 Å². The minimum Gasteiger partial charge on any atom is -0.287 e. The molecule has 1 amide bonds. The summed E-state index contributed by atoms with van der Waals surface area (Å²) < 4.78 is 0. The summed E-state index contributed by atoms with van der Waals surface area (Å²) in [6.07, 6.45) is 1.96. The van der Waals surface area contributed by atoms with Crippen molar-refractivity contribution in [3.8, 4) is 0 Å². The average Bonchev–Trinajstić information content (AvgIpc) is 2.93. The largest absolute Gasteiger partial charge is 0.287 e. The van der Waals surface area contributed by atoms with Gasteiger partial charge in [-0.15, -0.1) is 0 Å². The van der Waals surface area contributed by atoms with E-state index in [9.17, 15) is 4.79 Å². The predicted molar refractivity (Wildman–Crippen MR) is 116 cm³/mol. The minimum absolute atomic E-state index is 0.0259. The Bertz CT molecular complexity index is 910. The summed E-state index contributed by atoms with van der Waals surface area (Å²) in [5.41, 5.74) is 5.67. The first-order chi connectivity index (χ1) is 12.9. The molecule has 3 nitrogen and oxygen atoms in total. The fourth-order valence-electron chi connectivity index (χ4n) is 2.90. The van der Waals surface area contributed by atoms with Crippen LogP contribution in [0.2, 0.25) is 0 Å². The molecule has 27 heavy (non-hydrogen) atoms. The molecule has 140 valence electrons. The number of hydrogen-bond acceptors (Lipinski definition) is 3. The molecule has 0 spiro atoms. The molecule has 1 saturated heterocycles. The second-order valence-corrected chi connectivity index (χ2v) is 8.15. The quantitative estimate of drug-likeness (QED) is 0.607. The number of likely N-dealkylation sites (N-methyl/N-ethyl adjacent to an activating group) is 1. The summed E-state index contributed by atoms with van der Waals surface area (Å²) in [5, 5.41) is 0.746. The molecule has 0 bridgehead atoms. The van der Waals surface area contributed by atoms with Crippen molar-refractivity contribution in [3.05, 3.63) is 69.6 Å². The molecule has 2 aromatic carbocycles. The maximum Gasteiger partial charge on any atom is 0.266 e. The van der Waals surface area contributed by atoms with Crippen LogP contribution in [0.3, 0.4) is 0 Å². The SMILES string of the molecule is CCN1C(=O)/C(=C/c2ccc(C(C)C)cc2)SC1=Nc1ccc(C)c(C)c1. The lowest BCUT2D eigenvalue weighted by atomic mass is 10.0. The molecule has 3 rings (SSSR count). The van der Waals surface area contributed by atoms with E-state index >= 15 is 0 Å². The van der Waals surface area contributed by atoms with Crippen molar-refractivity contribution in [2.24, 2.45) is 4.99 Å². The number of amidine groups is 1. The molecule has 0 N–H and O–H groups in total. The number of aliphatic imine (C=N–C) groups is 1. The highest BCUT2D eigenvalue weighted by molar-refractivity contribution is 8.18. The first kappa shape index (κ1) is 19.4. The highest BCUT2D eigenvalue weighted by Gasteiger charge is 2.32. The predicted octanol–water partition coefficient (Wildman–Crippen LogP) is 6.05. The molecule has 0 aromatic heterocycles. The van der Waals surface area contributed by atoms with E-state index in [0.29, 0.717) is 12.5 Å². The van der Waals surface area contributed by atoms with E-state index in [2.05, 4.69) is 64.1 Å². The summed E-state index contributed by atoms with van der Waals surface area (Å²) >= 11 is 1.45. The standard InChI is InChI=1S/C23H26N2OS/c1-6-25-22(26)21(14-18-8-10-19(11-9-18)15(2)3)27-23(25)24-20-12-7-16(4)17(5)13-20/h7-15H,6H2,1-5H3/b21-14-,24-23?. The molecule has 0 radical (unpaired) electrons. The van der Waals surface area contributed by atoms with Gasteiger partial charge in [0, 0.05) is 6.54 Å². The molecule has 1 aliphatic heterocycles. The Balaban J connectivity index is 1.89. The first-order valence-corrected chi connectivity index (χ1v) is 10.2. The van der Waals surface area contributed by atoms with Crippen LogP contribution in [0, 0.1) is 13.8 Å². The van der Waals surface area contributed by atoms with Gasteiger partial charge in [-0.3, -0.25) is 9.69 Å². The Morgan fingerprint density at radius 2 is 1.78 bits per heavy atom. The van der Waals surface area contributed by atoms with Crippen molar-refractivity contribution in [2.45, 2.75) is 40.5 Å². The monoisotopic (exact) mass is 378 g/mol. The number of aryl methyl sites for hydroxylation is 2. The van der Waals surface area contributed by atoms with Crippen LogP contribution in [0.15, 0.2) is 52.4 Å². The Hall–Kier alpha value is -2.33. The third kappa shape index (κ3) is 4.33. The fraction of sp³-hybridized carbons (Fsp3) is 0.304. The number of hydrogen-bond donors (Lipinski definition) is 0. The van der Waals surface area contributed by atoms with E-state index in [1.165, 1.54) is 28.5 Å². The molecule has 1 heterocycles. The van der Waals surface area contributed by atoms with Gasteiger partial charge in [0.2, 0.25) is 0 Å². The van der Waals surface area contributed by atoms with Crippen LogP contribution >= 0.6 is 11.8 Å². The van der Waals surface area contributed by atoms with E-state index in [0.717, 1.165) is 21.3 Å². The second-order valence-electron chi connectivity index (χ2n) is 7.14. The fourth-order valence-corrected chi connectivity index (χ4v) is 3.97. The summed E-state index contributed by atoms with van der Waals surface area (Å²) in [6, 6.07) is 14.5. The van der Waals surface area contributed by atoms with E-state index in [4.69, 9.17) is 4.99 Å². The first-order valence-electron chi connectivity index (χ1n) is 9.36. The Kier molecular flexibility index (Phi) is 5.85. The Labute approximate surface area is 166 Å². The van der Waals surface area contributed by atoms with Crippen molar-refractivity contribution < 1.29 is 4.79 Å². The van der Waals surface area contributed by atoms with Gasteiger partial charge in [-0.1, -0.05) is 44.2 Å². The lowest BCUT2D eigenvalue weighted by Gasteiger charge is -2.12. The van der Waals surface area contributed by atoms with Crippen LogP contribution in [0.4, 0.5) is 5.69 Å². The molecule has 0 aliphatic carbocycles. The van der Waals surface area contributed by atoms with Gasteiger partial charge in [-0.05, 0) is 78.9 Å². The molecule has 0 saturated carbocycles. The van der Waals surface area contributed by atoms with Gasteiger partial charge in [0.05, 0.1) is 10.6 Å². The second kappa shape index (κ2) is 8.13. The normalized spacial score (nSPS) is 17.6. The zero-order valence-corrected chi connectivity index (χ0v) is 17.4. The zero-order valence-electron chi connectivity index (χ0n) is 16.6. The van der Waals surface area contributed by atoms with Crippen molar-refractivity contribution in [2.75, 3.05) is 6.54 Å². The molecule has 4 heteroatoms. The lowest BCUT2D eigenvalue weighted by Crippen LogP contribution is -2.28. The summed E-state index contributed by atoms with van der Waals surface area (Å²) in [5.74, 6) is 0.527. The third-order valence-corrected chi connectivity index (χ3v) is 5.83. The van der Waals surface area contributed by atoms with E-state index < -0.39 is 0 Å². The molecular formula is C23H26N2OS. The van der Waals surface area contributed by atoms with Gasteiger partial charge >= 0.3 is 0 Å². The molecular weight excluding hydrogens is 352 g/mol. The Morgan fingerprint density at radius 1 is 1.07 bits per heavy atom. The van der Waals surface area contributed by atoms with Crippen molar-refractivity contribution >= 4 is 34.6 Å². The maximum atomic E-state index is 12.8. The number of nitrogens with zero attached hydrogens (tertiary/aromatic N) is 2. The van der Waals surface area contributed by atoms with E-state index in [-0.39, 0.29) is 5.91 Å². The van der Waals surface area contributed by atoms with Gasteiger partial charge in [0.15, 0.2) is 5.17 Å². The van der Waals surface area contributed by atoms with Crippen molar-refractivity contribution in [1.82, 2.24) is 4.90 Å². The van der Waals surface area contributed by atoms with Crippen LogP contribution < -0.4 is 0 Å². The van der Waals surface area contributed by atoms with Crippen molar-refractivity contribution in [3.63, 3.8) is 0 Å². The van der Waals surface area contributed by atoms with Gasteiger partial charge in [0.25, 0.3) is 5.91 Å². The smallest absolute Gasteiger partial charge is 0.266 e. The van der Waals surface area contributed by atoms with E-state index in [1.54, 1.807) is 4.90 Å². The van der Waals surface area contributed by atoms with Gasteiger partial charge in [-0.2, -0.15) is 0 Å². The van der Waals surface area contributed by atoms with Gasteiger partial charge in [-0.25, -0.2) is 4.99 Å². The summed E-state index contributed by atoms with van der Waals surface area (Å²) in [4.78, 5) is 20.0. The van der Waals surface area contributed by atoms with Crippen LogP contribution in [0.5, 0.6) is 0 Å². The number of benzene rings is 2. The van der Waals surface area contributed by atoms with Gasteiger partial charge in [0.1, 0.15) is 0 Å². The molecule has 1 fully saturated rings. The number of thioether (sulfide) groups is 1. The van der Waals surface area contributed by atoms with E-state index in [1.807, 2.05) is 19.1 Å². The Morgan fingerprint density at radius 3 is 2.37 bits per heavy atom. The number of rotatable bonds is 4. The summed E-state index contributed by atoms with van der Waals surface area (Å²) in [7, 11) is 0. The number of carbonyl (C=O) groups excluding carboxylic acids is 1. The topological polar surface area (TPSA) is 32.7 Å². The highest BCUT2D eigenvalue weighted by Crippen LogP contribution is 2.34. The lowest BCUT2D eigenvalue weighted by molar-refractivity contribution is -0.122. The molecule has 1 aliphatic rings. The molecule has 2 aromatic rings. The maximum absolute atomic E-state index is 12.8.